The van der Waals surface area contributed by atoms with Gasteiger partial charge in [-0.1, -0.05) is 27.2 Å². The average Bonchev–Trinajstić information content (AvgIpc) is 2.78. The second-order valence-electron chi connectivity index (χ2n) is 7.55. The quantitative estimate of drug-likeness (QED) is 0.313. The Hall–Kier alpha value is -3.42. The van der Waals surface area contributed by atoms with Crippen molar-refractivity contribution in [3.63, 3.8) is 0 Å². The molecule has 0 spiro atoms. The summed E-state index contributed by atoms with van der Waals surface area (Å²) in [6, 6.07) is 9.65. The third-order valence-corrected chi connectivity index (χ3v) is 4.67. The first-order valence-corrected chi connectivity index (χ1v) is 10.6. The Bertz CT molecular complexity index is 929. The Labute approximate surface area is 188 Å². The molecule has 32 heavy (non-hydrogen) atoms. The predicted molar refractivity (Wildman–Crippen MR) is 122 cm³/mol. The highest BCUT2D eigenvalue weighted by molar-refractivity contribution is 5.97. The summed E-state index contributed by atoms with van der Waals surface area (Å²) in [5.41, 5.74) is 3.43. The van der Waals surface area contributed by atoms with Gasteiger partial charge in [0.25, 0.3) is 11.8 Å². The lowest BCUT2D eigenvalue weighted by Crippen LogP contribution is -2.48. The summed E-state index contributed by atoms with van der Waals surface area (Å²) in [7, 11) is 1.56. The Morgan fingerprint density at radius 3 is 2.47 bits per heavy atom. The second kappa shape index (κ2) is 12.4. The first-order chi connectivity index (χ1) is 15.3. The molecule has 2 N–H and O–H groups in total. The number of methoxy groups -OCH3 is 1. The van der Waals surface area contributed by atoms with Crippen molar-refractivity contribution < 1.29 is 23.5 Å². The molecular weight excluding hydrogens is 413 g/mol. The standard InChI is InChI=1S/C24H30FN3O4/c1-5-6-13-32-20-12-7-17(14-21(20)31-4)15-26-28-24(30)22(16(2)3)27-23(29)18-8-10-19(25)11-9-18/h7-12,14-16,22H,5-6,13H2,1-4H3,(H,27,29)(H,28,30). The van der Waals surface area contributed by atoms with Crippen LogP contribution in [0.5, 0.6) is 11.5 Å². The van der Waals surface area contributed by atoms with Crippen molar-refractivity contribution in [2.24, 2.45) is 11.0 Å². The number of unbranched alkanes of at least 4 members (excludes halogenated alkanes) is 1. The molecule has 0 bridgehead atoms. The van der Waals surface area contributed by atoms with Crippen LogP contribution in [0.25, 0.3) is 0 Å². The summed E-state index contributed by atoms with van der Waals surface area (Å²) in [4.78, 5) is 25.0. The summed E-state index contributed by atoms with van der Waals surface area (Å²) < 4.78 is 24.1. The molecule has 2 amide bonds. The molecule has 0 heterocycles. The first-order valence-electron chi connectivity index (χ1n) is 10.6. The molecule has 2 aromatic rings. The number of hydrazone groups is 1. The van der Waals surface area contributed by atoms with E-state index in [-0.39, 0.29) is 11.5 Å². The lowest BCUT2D eigenvalue weighted by atomic mass is 10.0. The SMILES string of the molecule is CCCCOc1ccc(C=NNC(=O)C(NC(=O)c2ccc(F)cc2)C(C)C)cc1OC. The number of hydrogen-bond donors (Lipinski definition) is 2. The molecular formula is C24H30FN3O4. The molecule has 7 nitrogen and oxygen atoms in total. The fraction of sp³-hybridized carbons (Fsp3) is 0.375. The van der Waals surface area contributed by atoms with Gasteiger partial charge in [-0.3, -0.25) is 9.59 Å². The van der Waals surface area contributed by atoms with Gasteiger partial charge in [-0.05, 0) is 60.4 Å². The van der Waals surface area contributed by atoms with Crippen LogP contribution in [0.4, 0.5) is 4.39 Å². The molecule has 1 atom stereocenters. The van der Waals surface area contributed by atoms with E-state index >= 15 is 0 Å². The highest BCUT2D eigenvalue weighted by Gasteiger charge is 2.24. The van der Waals surface area contributed by atoms with Gasteiger partial charge in [0.05, 0.1) is 19.9 Å². The molecule has 0 aromatic heterocycles. The van der Waals surface area contributed by atoms with Gasteiger partial charge in [-0.25, -0.2) is 9.82 Å². The zero-order valence-electron chi connectivity index (χ0n) is 18.9. The van der Waals surface area contributed by atoms with E-state index < -0.39 is 23.7 Å². The smallest absolute Gasteiger partial charge is 0.262 e. The van der Waals surface area contributed by atoms with Crippen LogP contribution < -0.4 is 20.2 Å². The van der Waals surface area contributed by atoms with Crippen LogP contribution in [0, 0.1) is 11.7 Å². The summed E-state index contributed by atoms with van der Waals surface area (Å²) in [6.45, 7) is 6.31. The van der Waals surface area contributed by atoms with Crippen molar-refractivity contribution in [1.82, 2.24) is 10.7 Å². The lowest BCUT2D eigenvalue weighted by Gasteiger charge is -2.20. The van der Waals surface area contributed by atoms with Crippen LogP contribution in [-0.2, 0) is 4.79 Å². The van der Waals surface area contributed by atoms with E-state index in [0.717, 1.165) is 12.8 Å². The minimum atomic E-state index is -0.811. The number of halogens is 1. The normalized spacial score (nSPS) is 11.9. The zero-order valence-corrected chi connectivity index (χ0v) is 18.9. The molecule has 8 heteroatoms. The topological polar surface area (TPSA) is 89.0 Å². The van der Waals surface area contributed by atoms with Crippen LogP contribution in [0.2, 0.25) is 0 Å². The zero-order chi connectivity index (χ0) is 23.5. The third kappa shape index (κ3) is 7.37. The van der Waals surface area contributed by atoms with Gasteiger partial charge in [0.2, 0.25) is 0 Å². The number of carbonyl (C=O) groups is 2. The lowest BCUT2D eigenvalue weighted by molar-refractivity contribution is -0.123. The molecule has 0 saturated carbocycles. The summed E-state index contributed by atoms with van der Waals surface area (Å²) in [5, 5.41) is 6.66. The Balaban J connectivity index is 2.00. The van der Waals surface area contributed by atoms with Crippen LogP contribution >= 0.6 is 0 Å². The van der Waals surface area contributed by atoms with Gasteiger partial charge in [0, 0.05) is 5.56 Å². The number of nitrogens with one attached hydrogen (secondary N) is 2. The van der Waals surface area contributed by atoms with Crippen molar-refractivity contribution >= 4 is 18.0 Å². The van der Waals surface area contributed by atoms with Gasteiger partial charge >= 0.3 is 0 Å². The highest BCUT2D eigenvalue weighted by atomic mass is 19.1. The van der Waals surface area contributed by atoms with Gasteiger partial charge in [-0.2, -0.15) is 5.10 Å². The number of ether oxygens (including phenoxy) is 2. The van der Waals surface area contributed by atoms with Crippen LogP contribution in [0.1, 0.15) is 49.5 Å². The van der Waals surface area contributed by atoms with E-state index in [2.05, 4.69) is 22.8 Å². The molecule has 0 aliphatic rings. The molecule has 0 aliphatic carbocycles. The maximum Gasteiger partial charge on any atom is 0.262 e. The second-order valence-corrected chi connectivity index (χ2v) is 7.55. The van der Waals surface area contributed by atoms with Gasteiger partial charge in [0.15, 0.2) is 11.5 Å². The summed E-state index contributed by atoms with van der Waals surface area (Å²) in [6.07, 6.45) is 3.47. The van der Waals surface area contributed by atoms with Gasteiger partial charge in [0.1, 0.15) is 11.9 Å². The first kappa shape index (κ1) is 24.8. The number of amides is 2. The number of benzene rings is 2. The van der Waals surface area contributed by atoms with Crippen LogP contribution in [-0.4, -0.2) is 37.8 Å². The number of nitrogens with zero attached hydrogens (tertiary/aromatic N) is 1. The molecule has 2 rings (SSSR count). The molecule has 172 valence electrons. The molecule has 0 saturated heterocycles. The summed E-state index contributed by atoms with van der Waals surface area (Å²) >= 11 is 0. The molecule has 0 radical (unpaired) electrons. The van der Waals surface area contributed by atoms with Crippen molar-refractivity contribution in [3.05, 3.63) is 59.4 Å². The van der Waals surface area contributed by atoms with Crippen LogP contribution in [0.3, 0.4) is 0 Å². The van der Waals surface area contributed by atoms with Crippen molar-refractivity contribution in [2.75, 3.05) is 13.7 Å². The monoisotopic (exact) mass is 443 g/mol. The Morgan fingerprint density at radius 2 is 1.84 bits per heavy atom. The van der Waals surface area contributed by atoms with E-state index in [1.807, 2.05) is 0 Å². The van der Waals surface area contributed by atoms with E-state index in [0.29, 0.717) is 23.7 Å². The predicted octanol–water partition coefficient (Wildman–Crippen LogP) is 3.92. The Kier molecular flexibility index (Phi) is 9.66. The van der Waals surface area contributed by atoms with Crippen molar-refractivity contribution in [3.8, 4) is 11.5 Å². The maximum absolute atomic E-state index is 13.1. The number of carbonyl (C=O) groups excluding carboxylic acids is 2. The molecule has 2 aromatic carbocycles. The van der Waals surface area contributed by atoms with E-state index in [9.17, 15) is 14.0 Å². The average molecular weight is 444 g/mol. The minimum Gasteiger partial charge on any atom is -0.493 e. The number of hydrogen-bond acceptors (Lipinski definition) is 5. The minimum absolute atomic E-state index is 0.186. The van der Waals surface area contributed by atoms with Gasteiger partial charge in [-0.15, -0.1) is 0 Å². The molecule has 1 unspecified atom stereocenters. The maximum atomic E-state index is 13.1. The van der Waals surface area contributed by atoms with Crippen molar-refractivity contribution in [1.29, 1.82) is 0 Å². The molecule has 0 aliphatic heterocycles. The Morgan fingerprint density at radius 1 is 1.12 bits per heavy atom. The number of rotatable bonds is 11. The fourth-order valence-electron chi connectivity index (χ4n) is 2.81. The van der Waals surface area contributed by atoms with E-state index in [1.54, 1.807) is 39.2 Å². The third-order valence-electron chi connectivity index (χ3n) is 4.67. The summed E-state index contributed by atoms with van der Waals surface area (Å²) in [5.74, 6) is -0.335. The molecule has 0 fully saturated rings. The van der Waals surface area contributed by atoms with E-state index in [1.165, 1.54) is 30.5 Å². The van der Waals surface area contributed by atoms with Crippen molar-refractivity contribution in [2.45, 2.75) is 39.7 Å². The van der Waals surface area contributed by atoms with Gasteiger partial charge < -0.3 is 14.8 Å². The van der Waals surface area contributed by atoms with Crippen LogP contribution in [0.15, 0.2) is 47.6 Å². The van der Waals surface area contributed by atoms with E-state index in [4.69, 9.17) is 9.47 Å². The highest BCUT2D eigenvalue weighted by Crippen LogP contribution is 2.27. The largest absolute Gasteiger partial charge is 0.493 e. The fourth-order valence-corrected chi connectivity index (χ4v) is 2.81.